The minimum Gasteiger partial charge on any atom is -0.454 e. The number of furan rings is 1. The Morgan fingerprint density at radius 1 is 1.00 bits per heavy atom. The molecule has 3 rings (SSSR count). The maximum Gasteiger partial charge on any atom is 0.155 e. The first-order valence-corrected chi connectivity index (χ1v) is 6.62. The van der Waals surface area contributed by atoms with Gasteiger partial charge in [-0.25, -0.2) is 0 Å². The first-order valence-electron chi connectivity index (χ1n) is 6.62. The number of rotatable bonds is 2. The maximum atomic E-state index is 5.90. The van der Waals surface area contributed by atoms with Crippen LogP contribution in [0.5, 0.6) is 0 Å². The van der Waals surface area contributed by atoms with Gasteiger partial charge < -0.3 is 9.73 Å². The molecule has 0 saturated carbocycles. The van der Waals surface area contributed by atoms with Gasteiger partial charge in [0.1, 0.15) is 11.3 Å². The van der Waals surface area contributed by atoms with E-state index in [1.807, 2.05) is 39.1 Å². The lowest BCUT2D eigenvalue weighted by Crippen LogP contribution is -2.02. The molecule has 0 radical (unpaired) electrons. The number of aryl methyl sites for hydroxylation is 1. The van der Waals surface area contributed by atoms with Crippen LogP contribution in [0.3, 0.4) is 0 Å². The molecule has 0 fully saturated rings. The van der Waals surface area contributed by atoms with Gasteiger partial charge >= 0.3 is 0 Å². The minimum absolute atomic E-state index is 0.765. The van der Waals surface area contributed by atoms with Crippen molar-refractivity contribution in [2.75, 3.05) is 12.4 Å². The molecule has 0 spiro atoms. The zero-order valence-corrected chi connectivity index (χ0v) is 12.1. The monoisotopic (exact) mass is 267 g/mol. The molecule has 1 aromatic carbocycles. The third-order valence-corrected chi connectivity index (χ3v) is 3.66. The number of aromatic nitrogens is 2. The predicted octanol–water partition coefficient (Wildman–Crippen LogP) is 3.86. The van der Waals surface area contributed by atoms with Gasteiger partial charge in [0.15, 0.2) is 11.6 Å². The van der Waals surface area contributed by atoms with Gasteiger partial charge in [0.25, 0.3) is 0 Å². The van der Waals surface area contributed by atoms with Crippen LogP contribution in [-0.2, 0) is 0 Å². The predicted molar refractivity (Wildman–Crippen MR) is 81.0 cm³/mol. The summed E-state index contributed by atoms with van der Waals surface area (Å²) in [5, 5.41) is 12.6. The summed E-state index contributed by atoms with van der Waals surface area (Å²) in [5.74, 6) is 1.57. The van der Waals surface area contributed by atoms with Crippen LogP contribution < -0.4 is 5.32 Å². The zero-order chi connectivity index (χ0) is 14.3. The van der Waals surface area contributed by atoms with E-state index in [0.29, 0.717) is 0 Å². The second kappa shape index (κ2) is 4.63. The molecule has 0 atom stereocenters. The number of nitrogens with zero attached hydrogens (tertiary/aromatic N) is 2. The quantitative estimate of drug-likeness (QED) is 0.766. The third kappa shape index (κ3) is 1.93. The van der Waals surface area contributed by atoms with Crippen molar-refractivity contribution in [3.63, 3.8) is 0 Å². The average Bonchev–Trinajstić information content (AvgIpc) is 2.84. The Kier molecular flexibility index (Phi) is 2.93. The Labute approximate surface area is 117 Å². The van der Waals surface area contributed by atoms with Crippen molar-refractivity contribution in [2.45, 2.75) is 20.8 Å². The highest BCUT2D eigenvalue weighted by Gasteiger charge is 2.14. The summed E-state index contributed by atoms with van der Waals surface area (Å²) in [4.78, 5) is 0. The van der Waals surface area contributed by atoms with Crippen molar-refractivity contribution < 1.29 is 4.42 Å². The molecular weight excluding hydrogens is 250 g/mol. The molecule has 20 heavy (non-hydrogen) atoms. The average molecular weight is 267 g/mol. The van der Waals surface area contributed by atoms with Crippen LogP contribution in [0, 0.1) is 20.8 Å². The number of nitrogens with one attached hydrogen (secondary N) is 1. The fourth-order valence-electron chi connectivity index (χ4n) is 2.36. The molecule has 0 aliphatic carbocycles. The molecule has 0 amide bonds. The normalized spacial score (nSPS) is 11.0. The third-order valence-electron chi connectivity index (χ3n) is 3.66. The van der Waals surface area contributed by atoms with E-state index in [4.69, 9.17) is 4.42 Å². The van der Waals surface area contributed by atoms with Crippen LogP contribution in [0.25, 0.3) is 22.4 Å². The van der Waals surface area contributed by atoms with Gasteiger partial charge in [-0.1, -0.05) is 11.6 Å². The van der Waals surface area contributed by atoms with E-state index in [1.165, 1.54) is 5.56 Å². The van der Waals surface area contributed by atoms with Gasteiger partial charge in [0.05, 0.1) is 0 Å². The van der Waals surface area contributed by atoms with Crippen LogP contribution in [-0.4, -0.2) is 17.2 Å². The van der Waals surface area contributed by atoms with Gasteiger partial charge in [-0.05, 0) is 50.1 Å². The minimum atomic E-state index is 0.765. The van der Waals surface area contributed by atoms with E-state index in [2.05, 4.69) is 28.5 Å². The van der Waals surface area contributed by atoms with Crippen LogP contribution in [0.1, 0.15) is 16.7 Å². The van der Waals surface area contributed by atoms with Crippen molar-refractivity contribution >= 4 is 16.8 Å². The maximum absolute atomic E-state index is 5.90. The molecule has 0 unspecified atom stereocenters. The van der Waals surface area contributed by atoms with Crippen LogP contribution in [0.2, 0.25) is 0 Å². The fourth-order valence-corrected chi connectivity index (χ4v) is 2.36. The molecule has 102 valence electrons. The summed E-state index contributed by atoms with van der Waals surface area (Å²) in [7, 11) is 1.85. The highest BCUT2D eigenvalue weighted by Crippen LogP contribution is 2.31. The molecule has 1 N–H and O–H groups in total. The summed E-state index contributed by atoms with van der Waals surface area (Å²) in [5.41, 5.74) is 5.07. The molecule has 0 bridgehead atoms. The smallest absolute Gasteiger partial charge is 0.155 e. The summed E-state index contributed by atoms with van der Waals surface area (Å²) in [6, 6.07) is 8.17. The molecule has 3 aromatic rings. The van der Waals surface area contributed by atoms with Gasteiger partial charge in [0, 0.05) is 12.4 Å². The Bertz CT molecular complexity index is 790. The van der Waals surface area contributed by atoms with Crippen molar-refractivity contribution in [1.29, 1.82) is 0 Å². The second-order valence-electron chi connectivity index (χ2n) is 5.05. The zero-order valence-electron chi connectivity index (χ0n) is 12.1. The Morgan fingerprint density at radius 2 is 1.80 bits per heavy atom. The van der Waals surface area contributed by atoms with Crippen LogP contribution in [0.15, 0.2) is 28.7 Å². The number of fused-ring (bicyclic) bond motifs is 1. The van der Waals surface area contributed by atoms with E-state index in [1.54, 1.807) is 0 Å². The lowest BCUT2D eigenvalue weighted by Gasteiger charge is -2.08. The molecule has 0 aliphatic rings. The topological polar surface area (TPSA) is 51.0 Å². The summed E-state index contributed by atoms with van der Waals surface area (Å²) in [6.45, 7) is 6.15. The Morgan fingerprint density at radius 3 is 2.55 bits per heavy atom. The van der Waals surface area contributed by atoms with Gasteiger partial charge in [-0.3, -0.25) is 0 Å². The van der Waals surface area contributed by atoms with Crippen molar-refractivity contribution in [3.8, 4) is 11.5 Å². The Balaban J connectivity index is 2.18. The summed E-state index contributed by atoms with van der Waals surface area (Å²) < 4.78 is 5.90. The highest BCUT2D eigenvalue weighted by molar-refractivity contribution is 5.83. The van der Waals surface area contributed by atoms with Crippen molar-refractivity contribution in [3.05, 3.63) is 41.0 Å². The summed E-state index contributed by atoms with van der Waals surface area (Å²) in [6.07, 6.45) is 0. The summed E-state index contributed by atoms with van der Waals surface area (Å²) >= 11 is 0. The molecule has 4 heteroatoms. The number of benzene rings is 1. The molecule has 2 heterocycles. The molecule has 0 aliphatic heterocycles. The van der Waals surface area contributed by atoms with E-state index in [0.717, 1.165) is 39.4 Å². The second-order valence-corrected chi connectivity index (χ2v) is 5.05. The van der Waals surface area contributed by atoms with Gasteiger partial charge in [-0.2, -0.15) is 0 Å². The van der Waals surface area contributed by atoms with Crippen LogP contribution >= 0.6 is 0 Å². The van der Waals surface area contributed by atoms with Crippen LogP contribution in [0.4, 0.5) is 5.82 Å². The first kappa shape index (κ1) is 12.7. The highest BCUT2D eigenvalue weighted by atomic mass is 16.3. The Hall–Kier alpha value is -2.36. The molecule has 0 saturated heterocycles. The van der Waals surface area contributed by atoms with Gasteiger partial charge in [-0.15, -0.1) is 10.2 Å². The van der Waals surface area contributed by atoms with Gasteiger partial charge in [0.2, 0.25) is 0 Å². The number of hydrogen-bond acceptors (Lipinski definition) is 4. The van der Waals surface area contributed by atoms with E-state index >= 15 is 0 Å². The largest absolute Gasteiger partial charge is 0.454 e. The lowest BCUT2D eigenvalue weighted by atomic mass is 10.1. The molecule has 2 aromatic heterocycles. The standard InChI is InChI=1S/C16H17N3O/c1-9-5-6-13-12(7-9)8-14(20-13)15-10(2)11(3)16(17-4)19-18-15/h5-8H,1-4H3,(H,17,19). The van der Waals surface area contributed by atoms with E-state index in [9.17, 15) is 0 Å². The number of anilines is 1. The van der Waals surface area contributed by atoms with Crippen molar-refractivity contribution in [2.24, 2.45) is 0 Å². The SMILES string of the molecule is CNc1nnc(-c2cc3cc(C)ccc3o2)c(C)c1C. The van der Waals surface area contributed by atoms with E-state index < -0.39 is 0 Å². The fraction of sp³-hybridized carbons (Fsp3) is 0.250. The lowest BCUT2D eigenvalue weighted by molar-refractivity contribution is 0.626. The number of hydrogen-bond donors (Lipinski definition) is 1. The van der Waals surface area contributed by atoms with Crippen molar-refractivity contribution in [1.82, 2.24) is 10.2 Å². The molecular formula is C16H17N3O. The van der Waals surface area contributed by atoms with E-state index in [-0.39, 0.29) is 0 Å². The first-order chi connectivity index (χ1) is 9.60. The molecule has 4 nitrogen and oxygen atoms in total.